The van der Waals surface area contributed by atoms with E-state index in [1.807, 2.05) is 6.07 Å². The third-order valence-corrected chi connectivity index (χ3v) is 4.21. The van der Waals surface area contributed by atoms with Crippen molar-refractivity contribution in [3.8, 4) is 5.75 Å². The first kappa shape index (κ1) is 15.3. The highest BCUT2D eigenvalue weighted by atomic mass is 16.5. The maximum atomic E-state index is 6.03. The lowest BCUT2D eigenvalue weighted by Gasteiger charge is -2.37. The van der Waals surface area contributed by atoms with Gasteiger partial charge in [-0.2, -0.15) is 0 Å². The molecule has 0 saturated carbocycles. The number of ether oxygens (including phenoxy) is 2. The van der Waals surface area contributed by atoms with Crippen LogP contribution >= 0.6 is 0 Å². The number of nitrogens with zero attached hydrogens (tertiary/aromatic N) is 1. The minimum Gasteiger partial charge on any atom is -0.496 e. The van der Waals surface area contributed by atoms with Crippen molar-refractivity contribution in [3.63, 3.8) is 0 Å². The van der Waals surface area contributed by atoms with Gasteiger partial charge in [-0.1, -0.05) is 12.1 Å². The van der Waals surface area contributed by atoms with E-state index in [9.17, 15) is 0 Å². The maximum Gasteiger partial charge on any atom is 0.121 e. The Morgan fingerprint density at radius 1 is 1.40 bits per heavy atom. The van der Waals surface area contributed by atoms with Gasteiger partial charge in [-0.05, 0) is 43.5 Å². The van der Waals surface area contributed by atoms with Crippen molar-refractivity contribution in [3.05, 3.63) is 29.3 Å². The van der Waals surface area contributed by atoms with E-state index in [1.54, 1.807) is 14.2 Å². The van der Waals surface area contributed by atoms with Crippen molar-refractivity contribution in [2.45, 2.75) is 31.9 Å². The van der Waals surface area contributed by atoms with E-state index in [1.165, 1.54) is 12.0 Å². The maximum absolute atomic E-state index is 6.03. The van der Waals surface area contributed by atoms with E-state index in [0.717, 1.165) is 30.8 Å². The molecular weight excluding hydrogens is 252 g/mol. The Bertz CT molecular complexity index is 436. The Kier molecular flexibility index (Phi) is 5.40. The molecule has 0 spiro atoms. The lowest BCUT2D eigenvalue weighted by molar-refractivity contribution is 0.0155. The number of hydrogen-bond donors (Lipinski definition) is 1. The minimum absolute atomic E-state index is 0.262. The third-order valence-electron chi connectivity index (χ3n) is 4.21. The molecule has 4 heteroatoms. The molecular formula is C16H26N2O2. The molecule has 2 unspecified atom stereocenters. The molecule has 1 aromatic carbocycles. The number of benzene rings is 1. The van der Waals surface area contributed by atoms with E-state index in [0.29, 0.717) is 12.6 Å². The minimum atomic E-state index is 0.262. The fourth-order valence-electron chi connectivity index (χ4n) is 3.05. The van der Waals surface area contributed by atoms with E-state index in [2.05, 4.69) is 24.0 Å². The highest BCUT2D eigenvalue weighted by molar-refractivity contribution is 5.37. The zero-order chi connectivity index (χ0) is 14.5. The Labute approximate surface area is 121 Å². The van der Waals surface area contributed by atoms with Gasteiger partial charge in [-0.25, -0.2) is 0 Å². The first-order valence-electron chi connectivity index (χ1n) is 7.31. The highest BCUT2D eigenvalue weighted by Crippen LogP contribution is 2.28. The standard InChI is InChI=1S/C16H26N2O2/c1-12-9-13(6-7-16(12)20-3)15(10-17)18-8-4-5-14(11-18)19-2/h6-7,9,14-15H,4-5,8,10-11,17H2,1-3H3. The van der Waals surface area contributed by atoms with E-state index in [4.69, 9.17) is 15.2 Å². The van der Waals surface area contributed by atoms with Gasteiger partial charge in [0.25, 0.3) is 0 Å². The zero-order valence-electron chi connectivity index (χ0n) is 12.8. The zero-order valence-corrected chi connectivity index (χ0v) is 12.8. The second-order valence-electron chi connectivity index (χ2n) is 5.48. The molecule has 1 fully saturated rings. The Morgan fingerprint density at radius 2 is 2.20 bits per heavy atom. The fraction of sp³-hybridized carbons (Fsp3) is 0.625. The molecule has 0 radical (unpaired) electrons. The molecule has 1 aliphatic rings. The van der Waals surface area contributed by atoms with Gasteiger partial charge in [0.05, 0.1) is 13.2 Å². The van der Waals surface area contributed by atoms with Crippen LogP contribution in [0.5, 0.6) is 5.75 Å². The summed E-state index contributed by atoms with van der Waals surface area (Å²) in [5, 5.41) is 0. The first-order valence-corrected chi connectivity index (χ1v) is 7.31. The van der Waals surface area contributed by atoms with Crippen LogP contribution in [0.2, 0.25) is 0 Å². The lowest BCUT2D eigenvalue weighted by atomic mass is 9.99. The van der Waals surface area contributed by atoms with Crippen LogP contribution in [-0.4, -0.2) is 44.9 Å². The summed E-state index contributed by atoms with van der Waals surface area (Å²) < 4.78 is 10.8. The molecule has 4 nitrogen and oxygen atoms in total. The summed E-state index contributed by atoms with van der Waals surface area (Å²) in [5.74, 6) is 0.929. The quantitative estimate of drug-likeness (QED) is 0.896. The smallest absolute Gasteiger partial charge is 0.121 e. The average Bonchev–Trinajstić information content (AvgIpc) is 2.48. The second-order valence-corrected chi connectivity index (χ2v) is 5.48. The van der Waals surface area contributed by atoms with Gasteiger partial charge in [0.1, 0.15) is 5.75 Å². The van der Waals surface area contributed by atoms with Crippen molar-refractivity contribution in [2.24, 2.45) is 5.73 Å². The van der Waals surface area contributed by atoms with Crippen LogP contribution < -0.4 is 10.5 Å². The molecule has 2 rings (SSSR count). The van der Waals surface area contributed by atoms with E-state index < -0.39 is 0 Å². The van der Waals surface area contributed by atoms with Gasteiger partial charge in [0.15, 0.2) is 0 Å². The molecule has 2 atom stereocenters. The number of rotatable bonds is 5. The highest BCUT2D eigenvalue weighted by Gasteiger charge is 2.26. The molecule has 2 N–H and O–H groups in total. The summed E-state index contributed by atoms with van der Waals surface area (Å²) in [6.45, 7) is 4.75. The number of nitrogens with two attached hydrogens (primary N) is 1. The average molecular weight is 278 g/mol. The van der Waals surface area contributed by atoms with Gasteiger partial charge in [0.2, 0.25) is 0 Å². The molecule has 0 aliphatic carbocycles. The molecule has 1 aliphatic heterocycles. The molecule has 1 heterocycles. The second kappa shape index (κ2) is 7.07. The van der Waals surface area contributed by atoms with Crippen LogP contribution in [0.4, 0.5) is 0 Å². The number of methoxy groups -OCH3 is 2. The summed E-state index contributed by atoms with van der Waals surface area (Å²) in [5.41, 5.74) is 8.45. The van der Waals surface area contributed by atoms with Crippen LogP contribution in [0.25, 0.3) is 0 Å². The first-order chi connectivity index (χ1) is 9.69. The summed E-state index contributed by atoms with van der Waals surface area (Å²) in [7, 11) is 3.50. The predicted octanol–water partition coefficient (Wildman–Crippen LogP) is 2.11. The van der Waals surface area contributed by atoms with Crippen molar-refractivity contribution in [2.75, 3.05) is 33.9 Å². The topological polar surface area (TPSA) is 47.7 Å². The molecule has 0 bridgehead atoms. The normalized spacial score (nSPS) is 21.7. The molecule has 0 aromatic heterocycles. The van der Waals surface area contributed by atoms with Gasteiger partial charge >= 0.3 is 0 Å². The van der Waals surface area contributed by atoms with Crippen LogP contribution in [0.3, 0.4) is 0 Å². The van der Waals surface area contributed by atoms with E-state index >= 15 is 0 Å². The summed E-state index contributed by atoms with van der Waals surface area (Å²) in [6.07, 6.45) is 2.65. The number of piperidine rings is 1. The SMILES string of the molecule is COc1ccc(C(CN)N2CCCC(OC)C2)cc1C. The Balaban J connectivity index is 2.16. The number of likely N-dealkylation sites (tertiary alicyclic amines) is 1. The summed E-state index contributed by atoms with van der Waals surface area (Å²) in [6, 6.07) is 6.61. The van der Waals surface area contributed by atoms with Crippen molar-refractivity contribution in [1.82, 2.24) is 4.90 Å². The van der Waals surface area contributed by atoms with Crippen molar-refractivity contribution < 1.29 is 9.47 Å². The molecule has 20 heavy (non-hydrogen) atoms. The van der Waals surface area contributed by atoms with Crippen LogP contribution in [0.15, 0.2) is 18.2 Å². The van der Waals surface area contributed by atoms with Crippen LogP contribution in [0.1, 0.15) is 30.0 Å². The molecule has 0 amide bonds. The van der Waals surface area contributed by atoms with Gasteiger partial charge < -0.3 is 15.2 Å². The monoisotopic (exact) mass is 278 g/mol. The summed E-state index contributed by atoms with van der Waals surface area (Å²) >= 11 is 0. The molecule has 1 saturated heterocycles. The third kappa shape index (κ3) is 3.32. The Hall–Kier alpha value is -1.10. The van der Waals surface area contributed by atoms with E-state index in [-0.39, 0.29) is 6.04 Å². The van der Waals surface area contributed by atoms with Gasteiger partial charge in [-0.3, -0.25) is 4.90 Å². The fourth-order valence-corrected chi connectivity index (χ4v) is 3.05. The largest absolute Gasteiger partial charge is 0.496 e. The van der Waals surface area contributed by atoms with Gasteiger partial charge in [-0.15, -0.1) is 0 Å². The van der Waals surface area contributed by atoms with Gasteiger partial charge in [0, 0.05) is 26.2 Å². The van der Waals surface area contributed by atoms with Crippen molar-refractivity contribution >= 4 is 0 Å². The van der Waals surface area contributed by atoms with Crippen LogP contribution in [-0.2, 0) is 4.74 Å². The van der Waals surface area contributed by atoms with Crippen molar-refractivity contribution in [1.29, 1.82) is 0 Å². The Morgan fingerprint density at radius 3 is 2.80 bits per heavy atom. The number of hydrogen-bond acceptors (Lipinski definition) is 4. The predicted molar refractivity (Wildman–Crippen MR) is 81.1 cm³/mol. The number of aryl methyl sites for hydroxylation is 1. The lowest BCUT2D eigenvalue weighted by Crippen LogP contribution is -2.43. The van der Waals surface area contributed by atoms with Crippen LogP contribution in [0, 0.1) is 6.92 Å². The molecule has 1 aromatic rings. The summed E-state index contributed by atoms with van der Waals surface area (Å²) in [4.78, 5) is 2.44. The molecule has 112 valence electrons.